The van der Waals surface area contributed by atoms with Crippen LogP contribution in [0.1, 0.15) is 18.1 Å². The minimum Gasteiger partial charge on any atom is -0.274 e. The van der Waals surface area contributed by atoms with Gasteiger partial charge in [0, 0.05) is 10.9 Å². The van der Waals surface area contributed by atoms with Crippen molar-refractivity contribution in [3.8, 4) is 0 Å². The zero-order valence-corrected chi connectivity index (χ0v) is 13.9. The third-order valence-corrected chi connectivity index (χ3v) is 4.66. The molecule has 2 amide bonds. The maximum absolute atomic E-state index is 12.8. The highest BCUT2D eigenvalue weighted by Crippen LogP contribution is 2.33. The van der Waals surface area contributed by atoms with E-state index in [1.807, 2.05) is 38.1 Å². The second kappa shape index (κ2) is 6.17. The molecule has 1 heterocycles. The number of carbonyl (C=O) groups is 2. The summed E-state index contributed by atoms with van der Waals surface area (Å²) in [6.07, 6.45) is 0.579. The molecule has 23 heavy (non-hydrogen) atoms. The van der Waals surface area contributed by atoms with E-state index in [2.05, 4.69) is 0 Å². The Morgan fingerprint density at radius 2 is 1.57 bits per heavy atom. The summed E-state index contributed by atoms with van der Waals surface area (Å²) in [5.41, 5.74) is 2.84. The maximum Gasteiger partial charge on any atom is 0.238 e. The number of halogens is 1. The Balaban J connectivity index is 1.85. The Labute approximate surface area is 140 Å². The molecular weight excluding hydrogens is 310 g/mol. The molecule has 2 unspecified atom stereocenters. The molecule has 1 aliphatic heterocycles. The lowest BCUT2D eigenvalue weighted by molar-refractivity contribution is -0.122. The van der Waals surface area contributed by atoms with Gasteiger partial charge in [0.2, 0.25) is 11.8 Å². The van der Waals surface area contributed by atoms with E-state index in [-0.39, 0.29) is 23.7 Å². The molecule has 0 saturated carbocycles. The largest absolute Gasteiger partial charge is 0.274 e. The summed E-state index contributed by atoms with van der Waals surface area (Å²) in [6, 6.07) is 14.9. The average Bonchev–Trinajstić information content (AvgIpc) is 2.74. The van der Waals surface area contributed by atoms with Crippen LogP contribution in [0.2, 0.25) is 5.02 Å². The van der Waals surface area contributed by atoms with Crippen LogP contribution in [0, 0.1) is 18.8 Å². The lowest BCUT2D eigenvalue weighted by atomic mass is 9.90. The van der Waals surface area contributed by atoms with Crippen molar-refractivity contribution in [2.45, 2.75) is 20.3 Å². The minimum absolute atomic E-state index is 0.134. The highest BCUT2D eigenvalue weighted by atomic mass is 35.5. The first-order chi connectivity index (χ1) is 11.0. The molecule has 1 fully saturated rings. The Hall–Kier alpha value is -2.13. The quantitative estimate of drug-likeness (QED) is 0.799. The van der Waals surface area contributed by atoms with E-state index in [1.165, 1.54) is 10.5 Å². The highest BCUT2D eigenvalue weighted by Gasteiger charge is 2.45. The molecule has 0 radical (unpaired) electrons. The molecule has 0 aliphatic carbocycles. The number of hydrogen-bond acceptors (Lipinski definition) is 2. The van der Waals surface area contributed by atoms with E-state index in [4.69, 9.17) is 11.6 Å². The van der Waals surface area contributed by atoms with E-state index in [0.717, 1.165) is 5.56 Å². The summed E-state index contributed by atoms with van der Waals surface area (Å²) in [4.78, 5) is 26.6. The number of imide groups is 1. The molecule has 4 heteroatoms. The van der Waals surface area contributed by atoms with E-state index < -0.39 is 0 Å². The van der Waals surface area contributed by atoms with Crippen LogP contribution in [0.15, 0.2) is 48.5 Å². The fourth-order valence-corrected chi connectivity index (χ4v) is 3.08. The molecule has 1 saturated heterocycles. The van der Waals surface area contributed by atoms with Crippen LogP contribution in [0.25, 0.3) is 0 Å². The van der Waals surface area contributed by atoms with Crippen molar-refractivity contribution in [2.75, 3.05) is 4.90 Å². The molecule has 0 aromatic heterocycles. The topological polar surface area (TPSA) is 37.4 Å². The van der Waals surface area contributed by atoms with Crippen molar-refractivity contribution in [3.63, 3.8) is 0 Å². The normalized spacial score (nSPS) is 21.1. The number of nitrogens with zero attached hydrogens (tertiary/aromatic N) is 1. The van der Waals surface area contributed by atoms with Gasteiger partial charge in [0.05, 0.1) is 11.6 Å². The second-order valence-corrected chi connectivity index (χ2v) is 6.51. The highest BCUT2D eigenvalue weighted by molar-refractivity contribution is 6.30. The van der Waals surface area contributed by atoms with Gasteiger partial charge < -0.3 is 0 Å². The van der Waals surface area contributed by atoms with E-state index in [1.54, 1.807) is 24.3 Å². The van der Waals surface area contributed by atoms with Gasteiger partial charge >= 0.3 is 0 Å². The second-order valence-electron chi connectivity index (χ2n) is 6.07. The third kappa shape index (κ3) is 3.02. The predicted octanol–water partition coefficient (Wildman–Crippen LogP) is 4.02. The average molecular weight is 328 g/mol. The van der Waals surface area contributed by atoms with Crippen LogP contribution >= 0.6 is 11.6 Å². The first-order valence-corrected chi connectivity index (χ1v) is 8.04. The van der Waals surface area contributed by atoms with Gasteiger partial charge in [-0.25, -0.2) is 0 Å². The summed E-state index contributed by atoms with van der Waals surface area (Å²) in [7, 11) is 0. The monoisotopic (exact) mass is 327 g/mol. The predicted molar refractivity (Wildman–Crippen MR) is 91.5 cm³/mol. The van der Waals surface area contributed by atoms with Crippen LogP contribution in [0.3, 0.4) is 0 Å². The molecule has 3 nitrogen and oxygen atoms in total. The smallest absolute Gasteiger partial charge is 0.238 e. The third-order valence-electron chi connectivity index (χ3n) is 4.41. The first kappa shape index (κ1) is 15.8. The number of carbonyl (C=O) groups excluding carboxylic acids is 2. The van der Waals surface area contributed by atoms with Crippen molar-refractivity contribution in [1.29, 1.82) is 0 Å². The van der Waals surface area contributed by atoms with Crippen LogP contribution in [-0.2, 0) is 16.0 Å². The zero-order chi connectivity index (χ0) is 16.6. The SMILES string of the molecule is Cc1ccc(CC2C(=O)N(c3ccc(Cl)cc3)C(=O)C2C)cc1. The number of benzene rings is 2. The van der Waals surface area contributed by atoms with Gasteiger partial charge in [-0.1, -0.05) is 48.4 Å². The first-order valence-electron chi connectivity index (χ1n) is 7.66. The molecule has 1 aliphatic rings. The number of rotatable bonds is 3. The summed E-state index contributed by atoms with van der Waals surface area (Å²) < 4.78 is 0. The van der Waals surface area contributed by atoms with Crippen LogP contribution < -0.4 is 4.90 Å². The Morgan fingerprint density at radius 3 is 2.17 bits per heavy atom. The lowest BCUT2D eigenvalue weighted by Crippen LogP contribution is -2.31. The van der Waals surface area contributed by atoms with Gasteiger partial charge in [0.1, 0.15) is 0 Å². The molecule has 118 valence electrons. The van der Waals surface area contributed by atoms with Crippen molar-refractivity contribution in [3.05, 3.63) is 64.7 Å². The summed E-state index contributed by atoms with van der Waals surface area (Å²) >= 11 is 5.88. The van der Waals surface area contributed by atoms with Gasteiger partial charge in [-0.05, 0) is 43.2 Å². The Bertz CT molecular complexity index is 737. The van der Waals surface area contributed by atoms with Gasteiger partial charge in [-0.3, -0.25) is 14.5 Å². The van der Waals surface area contributed by atoms with E-state index in [9.17, 15) is 9.59 Å². The molecule has 2 atom stereocenters. The number of amides is 2. The van der Waals surface area contributed by atoms with Crippen molar-refractivity contribution >= 4 is 29.1 Å². The van der Waals surface area contributed by atoms with Crippen molar-refractivity contribution in [1.82, 2.24) is 0 Å². The van der Waals surface area contributed by atoms with Crippen LogP contribution in [0.4, 0.5) is 5.69 Å². The molecule has 0 bridgehead atoms. The number of anilines is 1. The van der Waals surface area contributed by atoms with Gasteiger partial charge in [-0.2, -0.15) is 0 Å². The van der Waals surface area contributed by atoms with E-state index >= 15 is 0 Å². The van der Waals surface area contributed by atoms with Crippen molar-refractivity contribution < 1.29 is 9.59 Å². The summed E-state index contributed by atoms with van der Waals surface area (Å²) in [5, 5.41) is 0.581. The standard InChI is InChI=1S/C19H18ClNO2/c1-12-3-5-14(6-4-12)11-17-13(2)18(22)21(19(17)23)16-9-7-15(20)8-10-16/h3-10,13,17H,11H2,1-2H3. The van der Waals surface area contributed by atoms with Gasteiger partial charge in [-0.15, -0.1) is 0 Å². The molecule has 0 spiro atoms. The summed E-state index contributed by atoms with van der Waals surface area (Å²) in [6.45, 7) is 3.86. The zero-order valence-electron chi connectivity index (χ0n) is 13.1. The molecular formula is C19H18ClNO2. The molecule has 0 N–H and O–H groups in total. The maximum atomic E-state index is 12.8. The fourth-order valence-electron chi connectivity index (χ4n) is 2.95. The van der Waals surface area contributed by atoms with Gasteiger partial charge in [0.15, 0.2) is 0 Å². The number of aryl methyl sites for hydroxylation is 1. The molecule has 2 aromatic rings. The van der Waals surface area contributed by atoms with E-state index in [0.29, 0.717) is 17.1 Å². The number of hydrogen-bond donors (Lipinski definition) is 0. The van der Waals surface area contributed by atoms with Crippen LogP contribution in [0.5, 0.6) is 0 Å². The minimum atomic E-state index is -0.320. The lowest BCUT2D eigenvalue weighted by Gasteiger charge is -2.15. The summed E-state index contributed by atoms with van der Waals surface area (Å²) in [5.74, 6) is -0.916. The fraction of sp³-hybridized carbons (Fsp3) is 0.263. The molecule has 2 aromatic carbocycles. The van der Waals surface area contributed by atoms with Crippen LogP contribution in [-0.4, -0.2) is 11.8 Å². The Morgan fingerprint density at radius 1 is 0.957 bits per heavy atom. The molecule has 3 rings (SSSR count). The Kier molecular flexibility index (Phi) is 4.22. The van der Waals surface area contributed by atoms with Crippen molar-refractivity contribution in [2.24, 2.45) is 11.8 Å². The van der Waals surface area contributed by atoms with Gasteiger partial charge in [0.25, 0.3) is 0 Å².